The maximum Gasteiger partial charge on any atom is 0.257 e. The van der Waals surface area contributed by atoms with E-state index >= 15 is 0 Å². The Balaban J connectivity index is 1.71. The number of rotatable bonds is 4. The van der Waals surface area contributed by atoms with Crippen molar-refractivity contribution in [2.24, 2.45) is 0 Å². The van der Waals surface area contributed by atoms with Crippen LogP contribution in [0.25, 0.3) is 11.0 Å². The lowest BCUT2D eigenvalue weighted by atomic mass is 10.1. The van der Waals surface area contributed by atoms with E-state index in [2.05, 4.69) is 20.6 Å². The fraction of sp³-hybridized carbons (Fsp3) is 0.0870. The molecule has 0 aliphatic rings. The fourth-order valence-corrected chi connectivity index (χ4v) is 3.06. The summed E-state index contributed by atoms with van der Waals surface area (Å²) in [6.07, 6.45) is 1.72. The van der Waals surface area contributed by atoms with Gasteiger partial charge < -0.3 is 10.6 Å². The molecule has 0 bridgehead atoms. The number of fused-ring (bicyclic) bond motifs is 1. The van der Waals surface area contributed by atoms with Crippen molar-refractivity contribution < 1.29 is 4.79 Å². The first-order valence-electron chi connectivity index (χ1n) is 9.06. The van der Waals surface area contributed by atoms with Crippen molar-refractivity contribution in [3.8, 4) is 0 Å². The second-order valence-electron chi connectivity index (χ2n) is 6.68. The molecule has 2 heterocycles. The molecule has 4 rings (SSSR count). The molecule has 2 aromatic heterocycles. The number of benzene rings is 2. The molecule has 28 heavy (non-hydrogen) atoms. The number of nitrogens with one attached hydrogen (secondary N) is 2. The van der Waals surface area contributed by atoms with Crippen molar-refractivity contribution >= 4 is 34.0 Å². The summed E-state index contributed by atoms with van der Waals surface area (Å²) < 4.78 is 0. The minimum Gasteiger partial charge on any atom is -0.354 e. The molecule has 138 valence electrons. The van der Waals surface area contributed by atoms with E-state index in [1.165, 1.54) is 0 Å². The van der Waals surface area contributed by atoms with Gasteiger partial charge in [0.25, 0.3) is 5.91 Å². The lowest BCUT2D eigenvalue weighted by molar-refractivity contribution is 0.102. The average molecular weight is 368 g/mol. The Hall–Kier alpha value is -3.73. The maximum absolute atomic E-state index is 12.9. The van der Waals surface area contributed by atoms with E-state index in [1.807, 2.05) is 80.6 Å². The molecule has 1 amide bonds. The third kappa shape index (κ3) is 3.69. The molecule has 0 fully saturated rings. The van der Waals surface area contributed by atoms with Gasteiger partial charge in [0.2, 0.25) is 0 Å². The van der Waals surface area contributed by atoms with Gasteiger partial charge in [-0.05, 0) is 61.9 Å². The van der Waals surface area contributed by atoms with Crippen molar-refractivity contribution in [2.45, 2.75) is 13.8 Å². The Morgan fingerprint density at radius 2 is 1.71 bits per heavy atom. The predicted octanol–water partition coefficient (Wildman–Crippen LogP) is 5.24. The highest BCUT2D eigenvalue weighted by molar-refractivity contribution is 6.09. The van der Waals surface area contributed by atoms with E-state index in [0.29, 0.717) is 11.2 Å². The van der Waals surface area contributed by atoms with Gasteiger partial charge in [0.15, 0.2) is 5.65 Å². The topological polar surface area (TPSA) is 66.9 Å². The van der Waals surface area contributed by atoms with Gasteiger partial charge >= 0.3 is 0 Å². The summed E-state index contributed by atoms with van der Waals surface area (Å²) >= 11 is 0. The van der Waals surface area contributed by atoms with E-state index in [1.54, 1.807) is 6.20 Å². The number of amides is 1. The molecule has 5 nitrogen and oxygen atoms in total. The zero-order valence-corrected chi connectivity index (χ0v) is 15.7. The maximum atomic E-state index is 12.9. The zero-order chi connectivity index (χ0) is 19.5. The molecule has 0 spiro atoms. The number of pyridine rings is 2. The highest BCUT2D eigenvalue weighted by atomic mass is 16.1. The average Bonchev–Trinajstić information content (AvgIpc) is 2.69. The molecule has 5 heteroatoms. The SMILES string of the molecule is Cc1ccc(C(=O)Nc2ccccc2)c(Nc2ccnc3nc(C)ccc23)c1. The molecular weight excluding hydrogens is 348 g/mol. The summed E-state index contributed by atoms with van der Waals surface area (Å²) in [4.78, 5) is 21.7. The molecule has 0 saturated carbocycles. The van der Waals surface area contributed by atoms with Crippen LogP contribution in [0.2, 0.25) is 0 Å². The van der Waals surface area contributed by atoms with Crippen LogP contribution in [0.15, 0.2) is 72.9 Å². The molecule has 2 N–H and O–H groups in total. The minimum absolute atomic E-state index is 0.166. The summed E-state index contributed by atoms with van der Waals surface area (Å²) in [5, 5.41) is 7.25. The number of hydrogen-bond donors (Lipinski definition) is 2. The Morgan fingerprint density at radius 3 is 2.54 bits per heavy atom. The summed E-state index contributed by atoms with van der Waals surface area (Å²) in [6, 6.07) is 21.0. The number of aromatic nitrogens is 2. The predicted molar refractivity (Wildman–Crippen MR) is 113 cm³/mol. The highest BCUT2D eigenvalue weighted by Crippen LogP contribution is 2.28. The Kier molecular flexibility index (Phi) is 4.72. The van der Waals surface area contributed by atoms with Gasteiger partial charge in [-0.15, -0.1) is 0 Å². The van der Waals surface area contributed by atoms with Crippen LogP contribution >= 0.6 is 0 Å². The van der Waals surface area contributed by atoms with Crippen LogP contribution in [-0.2, 0) is 0 Å². The van der Waals surface area contributed by atoms with Gasteiger partial charge in [0.1, 0.15) is 0 Å². The number of para-hydroxylation sites is 1. The summed E-state index contributed by atoms with van der Waals surface area (Å²) in [6.45, 7) is 3.94. The van der Waals surface area contributed by atoms with Crippen LogP contribution in [0.4, 0.5) is 17.1 Å². The van der Waals surface area contributed by atoms with Crippen LogP contribution in [0.3, 0.4) is 0 Å². The van der Waals surface area contributed by atoms with E-state index in [-0.39, 0.29) is 5.91 Å². The van der Waals surface area contributed by atoms with Gasteiger partial charge in [0.05, 0.1) is 16.9 Å². The van der Waals surface area contributed by atoms with E-state index in [4.69, 9.17) is 0 Å². The molecule has 2 aromatic carbocycles. The monoisotopic (exact) mass is 368 g/mol. The minimum atomic E-state index is -0.166. The largest absolute Gasteiger partial charge is 0.354 e. The number of carbonyl (C=O) groups excluding carboxylic acids is 1. The number of carbonyl (C=O) groups is 1. The quantitative estimate of drug-likeness (QED) is 0.517. The fourth-order valence-electron chi connectivity index (χ4n) is 3.06. The third-order valence-electron chi connectivity index (χ3n) is 4.46. The first-order valence-corrected chi connectivity index (χ1v) is 9.06. The number of hydrogen-bond acceptors (Lipinski definition) is 4. The third-order valence-corrected chi connectivity index (χ3v) is 4.46. The summed E-state index contributed by atoms with van der Waals surface area (Å²) in [5.41, 5.74) is 5.57. The Bertz CT molecular complexity index is 1160. The lowest BCUT2D eigenvalue weighted by Gasteiger charge is -2.14. The standard InChI is InChI=1S/C23H20N4O/c1-15-8-10-19(23(28)26-17-6-4-3-5-7-17)21(14-15)27-20-12-13-24-22-18(20)11-9-16(2)25-22/h3-14H,1-2H3,(H,26,28)(H,24,25,27). The molecule has 0 aliphatic heterocycles. The van der Waals surface area contributed by atoms with E-state index < -0.39 is 0 Å². The summed E-state index contributed by atoms with van der Waals surface area (Å²) in [5.74, 6) is -0.166. The van der Waals surface area contributed by atoms with Gasteiger partial charge in [-0.2, -0.15) is 0 Å². The van der Waals surface area contributed by atoms with Crippen LogP contribution in [-0.4, -0.2) is 15.9 Å². The van der Waals surface area contributed by atoms with Crippen LogP contribution in [0, 0.1) is 13.8 Å². The van der Waals surface area contributed by atoms with Gasteiger partial charge in [-0.1, -0.05) is 24.3 Å². The van der Waals surface area contributed by atoms with Crippen LogP contribution < -0.4 is 10.6 Å². The van der Waals surface area contributed by atoms with Crippen molar-refractivity contribution in [1.82, 2.24) is 9.97 Å². The number of aryl methyl sites for hydroxylation is 2. The van der Waals surface area contributed by atoms with E-state index in [0.717, 1.165) is 33.7 Å². The lowest BCUT2D eigenvalue weighted by Crippen LogP contribution is -2.14. The van der Waals surface area contributed by atoms with Crippen molar-refractivity contribution in [2.75, 3.05) is 10.6 Å². The first-order chi connectivity index (χ1) is 13.6. The summed E-state index contributed by atoms with van der Waals surface area (Å²) in [7, 11) is 0. The van der Waals surface area contributed by atoms with Crippen LogP contribution in [0.1, 0.15) is 21.6 Å². The molecule has 0 atom stereocenters. The second-order valence-corrected chi connectivity index (χ2v) is 6.68. The highest BCUT2D eigenvalue weighted by Gasteiger charge is 2.13. The second kappa shape index (κ2) is 7.48. The van der Waals surface area contributed by atoms with Gasteiger partial charge in [-0.25, -0.2) is 9.97 Å². The molecule has 0 radical (unpaired) electrons. The Morgan fingerprint density at radius 1 is 0.893 bits per heavy atom. The van der Waals surface area contributed by atoms with Crippen molar-refractivity contribution in [1.29, 1.82) is 0 Å². The van der Waals surface area contributed by atoms with Gasteiger partial charge in [-0.3, -0.25) is 4.79 Å². The normalized spacial score (nSPS) is 10.6. The van der Waals surface area contributed by atoms with Crippen molar-refractivity contribution in [3.63, 3.8) is 0 Å². The van der Waals surface area contributed by atoms with E-state index in [9.17, 15) is 4.79 Å². The Labute approximate surface area is 163 Å². The number of anilines is 3. The molecule has 0 unspecified atom stereocenters. The molecule has 0 saturated heterocycles. The molecular formula is C23H20N4O. The molecule has 4 aromatic rings. The van der Waals surface area contributed by atoms with Crippen LogP contribution in [0.5, 0.6) is 0 Å². The van der Waals surface area contributed by atoms with Gasteiger partial charge in [0, 0.05) is 23.0 Å². The number of nitrogens with zero attached hydrogens (tertiary/aromatic N) is 2. The smallest absolute Gasteiger partial charge is 0.257 e. The molecule has 0 aliphatic carbocycles. The zero-order valence-electron chi connectivity index (χ0n) is 15.7. The van der Waals surface area contributed by atoms with Crippen molar-refractivity contribution in [3.05, 3.63) is 89.7 Å². The first kappa shape index (κ1) is 17.7.